The van der Waals surface area contributed by atoms with E-state index in [9.17, 15) is 0 Å². The van der Waals surface area contributed by atoms with Crippen LogP contribution in [0.3, 0.4) is 0 Å². The van der Waals surface area contributed by atoms with Crippen molar-refractivity contribution in [3.8, 4) is 11.5 Å². The van der Waals surface area contributed by atoms with Crippen LogP contribution < -0.4 is 14.8 Å². The third kappa shape index (κ3) is 3.70. The second kappa shape index (κ2) is 7.69. The molecule has 3 heteroatoms. The molecule has 0 aliphatic carbocycles. The van der Waals surface area contributed by atoms with Crippen molar-refractivity contribution >= 4 is 0 Å². The van der Waals surface area contributed by atoms with E-state index in [2.05, 4.69) is 38.2 Å². The summed E-state index contributed by atoms with van der Waals surface area (Å²) in [5, 5.41) is 3.68. The molecule has 0 saturated heterocycles. The topological polar surface area (TPSA) is 30.5 Å². The maximum atomic E-state index is 6.29. The minimum atomic E-state index is 0.315. The molecule has 0 spiro atoms. The van der Waals surface area contributed by atoms with E-state index in [1.165, 1.54) is 18.4 Å². The van der Waals surface area contributed by atoms with E-state index < -0.39 is 0 Å². The second-order valence-corrected chi connectivity index (χ2v) is 5.88. The van der Waals surface area contributed by atoms with Crippen LogP contribution in [-0.2, 0) is 0 Å². The minimum absolute atomic E-state index is 0.315. The van der Waals surface area contributed by atoms with Crippen molar-refractivity contribution in [2.75, 3.05) is 13.7 Å². The Kier molecular flexibility index (Phi) is 5.92. The first-order valence-electron chi connectivity index (χ1n) is 8.31. The Morgan fingerprint density at radius 1 is 1.29 bits per heavy atom. The molecule has 0 amide bonds. The average Bonchev–Trinajstić information content (AvgIpc) is 2.53. The monoisotopic (exact) mass is 291 g/mol. The molecule has 1 aliphatic rings. The van der Waals surface area contributed by atoms with Crippen LogP contribution in [0.15, 0.2) is 18.2 Å². The van der Waals surface area contributed by atoms with E-state index in [0.29, 0.717) is 18.1 Å². The van der Waals surface area contributed by atoms with Crippen LogP contribution in [0.5, 0.6) is 11.5 Å². The third-order valence-corrected chi connectivity index (χ3v) is 4.55. The van der Waals surface area contributed by atoms with Crippen LogP contribution in [0.1, 0.15) is 58.1 Å². The maximum Gasteiger partial charge on any atom is 0.124 e. The first-order chi connectivity index (χ1) is 10.2. The minimum Gasteiger partial charge on any atom is -0.497 e. The molecule has 21 heavy (non-hydrogen) atoms. The fourth-order valence-electron chi connectivity index (χ4n) is 3.22. The van der Waals surface area contributed by atoms with Gasteiger partial charge in [-0.1, -0.05) is 20.8 Å². The predicted octanol–water partition coefficient (Wildman–Crippen LogP) is 4.32. The quantitative estimate of drug-likeness (QED) is 0.811. The molecular weight excluding hydrogens is 262 g/mol. The summed E-state index contributed by atoms with van der Waals surface area (Å²) in [6.07, 6.45) is 4.86. The average molecular weight is 291 g/mol. The third-order valence-electron chi connectivity index (χ3n) is 4.55. The molecule has 3 nitrogen and oxygen atoms in total. The van der Waals surface area contributed by atoms with E-state index in [1.807, 2.05) is 6.07 Å². The van der Waals surface area contributed by atoms with E-state index in [1.54, 1.807) is 7.11 Å². The van der Waals surface area contributed by atoms with Crippen molar-refractivity contribution in [2.24, 2.45) is 5.92 Å². The highest BCUT2D eigenvalue weighted by molar-refractivity contribution is 5.43. The van der Waals surface area contributed by atoms with Crippen LogP contribution in [0.25, 0.3) is 0 Å². The summed E-state index contributed by atoms with van der Waals surface area (Å²) in [6.45, 7) is 7.76. The SMILES string of the molecule is CCCNC1CC(C(CC)CC)Oc2ccc(OC)cc21. The van der Waals surface area contributed by atoms with Gasteiger partial charge in [0.05, 0.1) is 7.11 Å². The number of rotatable bonds is 7. The van der Waals surface area contributed by atoms with Gasteiger partial charge in [-0.05, 0) is 49.9 Å². The molecular formula is C18H29NO2. The lowest BCUT2D eigenvalue weighted by Crippen LogP contribution is -2.37. The van der Waals surface area contributed by atoms with Gasteiger partial charge in [0.15, 0.2) is 0 Å². The molecule has 0 bridgehead atoms. The predicted molar refractivity (Wildman–Crippen MR) is 87.1 cm³/mol. The molecule has 1 heterocycles. The van der Waals surface area contributed by atoms with Crippen LogP contribution >= 0.6 is 0 Å². The van der Waals surface area contributed by atoms with Gasteiger partial charge in [0.2, 0.25) is 0 Å². The van der Waals surface area contributed by atoms with Gasteiger partial charge in [-0.15, -0.1) is 0 Å². The Labute approximate surface area is 129 Å². The molecule has 1 aromatic rings. The number of hydrogen-bond acceptors (Lipinski definition) is 3. The number of hydrogen-bond donors (Lipinski definition) is 1. The van der Waals surface area contributed by atoms with E-state index in [4.69, 9.17) is 9.47 Å². The normalized spacial score (nSPS) is 21.0. The van der Waals surface area contributed by atoms with E-state index in [-0.39, 0.29) is 0 Å². The summed E-state index contributed by atoms with van der Waals surface area (Å²) in [6, 6.07) is 6.54. The second-order valence-electron chi connectivity index (χ2n) is 5.88. The lowest BCUT2D eigenvalue weighted by Gasteiger charge is -2.36. The van der Waals surface area contributed by atoms with Crippen molar-refractivity contribution < 1.29 is 9.47 Å². The first-order valence-corrected chi connectivity index (χ1v) is 8.31. The zero-order valence-corrected chi connectivity index (χ0v) is 13.8. The van der Waals surface area contributed by atoms with Gasteiger partial charge in [0, 0.05) is 18.0 Å². The Morgan fingerprint density at radius 3 is 2.67 bits per heavy atom. The summed E-state index contributed by atoms with van der Waals surface area (Å²) in [4.78, 5) is 0. The van der Waals surface area contributed by atoms with E-state index in [0.717, 1.165) is 30.9 Å². The van der Waals surface area contributed by atoms with Crippen molar-refractivity contribution in [1.82, 2.24) is 5.32 Å². The van der Waals surface area contributed by atoms with Crippen molar-refractivity contribution in [1.29, 1.82) is 0 Å². The molecule has 1 aliphatic heterocycles. The van der Waals surface area contributed by atoms with Gasteiger partial charge in [-0.2, -0.15) is 0 Å². The molecule has 1 aromatic carbocycles. The van der Waals surface area contributed by atoms with Gasteiger partial charge >= 0.3 is 0 Å². The van der Waals surface area contributed by atoms with Crippen molar-refractivity contribution in [3.63, 3.8) is 0 Å². The maximum absolute atomic E-state index is 6.29. The number of ether oxygens (including phenoxy) is 2. The highest BCUT2D eigenvalue weighted by Crippen LogP contribution is 2.40. The molecule has 1 N–H and O–H groups in total. The summed E-state index contributed by atoms with van der Waals surface area (Å²) in [7, 11) is 1.72. The van der Waals surface area contributed by atoms with Crippen LogP contribution in [0.2, 0.25) is 0 Å². The Morgan fingerprint density at radius 2 is 2.05 bits per heavy atom. The van der Waals surface area contributed by atoms with Crippen molar-refractivity contribution in [2.45, 2.75) is 58.6 Å². The van der Waals surface area contributed by atoms with Crippen LogP contribution in [0, 0.1) is 5.92 Å². The standard InChI is InChI=1S/C18H29NO2/c1-5-10-19-16-12-18(13(6-2)7-3)21-17-9-8-14(20-4)11-15(16)17/h8-9,11,13,16,18-19H,5-7,10,12H2,1-4H3. The van der Waals surface area contributed by atoms with Crippen LogP contribution in [0.4, 0.5) is 0 Å². The summed E-state index contributed by atoms with van der Waals surface area (Å²) >= 11 is 0. The van der Waals surface area contributed by atoms with E-state index >= 15 is 0 Å². The smallest absolute Gasteiger partial charge is 0.124 e. The molecule has 2 rings (SSSR count). The van der Waals surface area contributed by atoms with Gasteiger partial charge in [-0.3, -0.25) is 0 Å². The zero-order chi connectivity index (χ0) is 15.2. The lowest BCUT2D eigenvalue weighted by molar-refractivity contribution is 0.0878. The molecule has 0 aromatic heterocycles. The van der Waals surface area contributed by atoms with Gasteiger partial charge in [-0.25, -0.2) is 0 Å². The lowest BCUT2D eigenvalue weighted by atomic mass is 9.87. The zero-order valence-electron chi connectivity index (χ0n) is 13.8. The molecule has 0 saturated carbocycles. The fraction of sp³-hybridized carbons (Fsp3) is 0.667. The number of nitrogens with one attached hydrogen (secondary N) is 1. The number of fused-ring (bicyclic) bond motifs is 1. The Hall–Kier alpha value is -1.22. The summed E-state index contributed by atoms with van der Waals surface area (Å²) in [5.74, 6) is 2.56. The molecule has 0 fully saturated rings. The van der Waals surface area contributed by atoms with Crippen molar-refractivity contribution in [3.05, 3.63) is 23.8 Å². The Bertz CT molecular complexity index is 443. The van der Waals surface area contributed by atoms with Gasteiger partial charge in [0.25, 0.3) is 0 Å². The van der Waals surface area contributed by atoms with Crippen LogP contribution in [-0.4, -0.2) is 19.8 Å². The highest BCUT2D eigenvalue weighted by Gasteiger charge is 2.32. The largest absolute Gasteiger partial charge is 0.497 e. The summed E-state index contributed by atoms with van der Waals surface area (Å²) < 4.78 is 11.7. The number of methoxy groups -OCH3 is 1. The molecule has 0 radical (unpaired) electrons. The Balaban J connectivity index is 2.26. The first kappa shape index (κ1) is 16.2. The molecule has 2 atom stereocenters. The summed E-state index contributed by atoms with van der Waals surface area (Å²) in [5.41, 5.74) is 1.24. The van der Waals surface area contributed by atoms with Gasteiger partial charge < -0.3 is 14.8 Å². The highest BCUT2D eigenvalue weighted by atomic mass is 16.5. The van der Waals surface area contributed by atoms with Gasteiger partial charge in [0.1, 0.15) is 17.6 Å². The fourth-order valence-corrected chi connectivity index (χ4v) is 3.22. The molecule has 118 valence electrons. The molecule has 2 unspecified atom stereocenters. The number of benzene rings is 1.